The van der Waals surface area contributed by atoms with Crippen molar-refractivity contribution in [2.24, 2.45) is 5.10 Å². The molecular weight excluding hydrogens is 430 g/mol. The van der Waals surface area contributed by atoms with Crippen LogP contribution in [0.2, 0.25) is 5.02 Å². The molecule has 12 heteroatoms. The third-order valence-corrected chi connectivity index (χ3v) is 3.60. The van der Waals surface area contributed by atoms with Crippen LogP contribution in [-0.2, 0) is 9.47 Å². The molecule has 1 N–H and O–H groups in total. The second-order valence-corrected chi connectivity index (χ2v) is 8.95. The molecule has 0 heterocycles. The van der Waals surface area contributed by atoms with Crippen molar-refractivity contribution in [3.8, 4) is 0 Å². The number of nitrogens with zero attached hydrogens (tertiary/aromatic N) is 4. The number of carbonyl (C=O) groups is 2. The molecule has 0 aliphatic carbocycles. The van der Waals surface area contributed by atoms with Crippen LogP contribution in [0.25, 0.3) is 0 Å². The molecule has 11 nitrogen and oxygen atoms in total. The van der Waals surface area contributed by atoms with Gasteiger partial charge in [-0.3, -0.25) is 15.5 Å². The first kappa shape index (κ1) is 26.0. The first-order valence-corrected chi connectivity index (χ1v) is 9.60. The number of nitrogens with one attached hydrogen (secondary N) is 1. The number of halogens is 1. The van der Waals surface area contributed by atoms with Crippen LogP contribution in [0.1, 0.15) is 47.1 Å². The van der Waals surface area contributed by atoms with Gasteiger partial charge in [-0.15, -0.1) is 0 Å². The fourth-order valence-electron chi connectivity index (χ4n) is 2.00. The summed E-state index contributed by atoms with van der Waals surface area (Å²) in [6, 6.07) is 2.44. The summed E-state index contributed by atoms with van der Waals surface area (Å²) < 4.78 is 10.5. The summed E-state index contributed by atoms with van der Waals surface area (Å²) in [7, 11) is 2.78. The van der Waals surface area contributed by atoms with Crippen LogP contribution in [0, 0.1) is 10.1 Å². The highest BCUT2D eigenvalue weighted by Crippen LogP contribution is 2.30. The zero-order valence-corrected chi connectivity index (χ0v) is 19.6. The Morgan fingerprint density at radius 1 is 1.10 bits per heavy atom. The molecule has 0 spiro atoms. The van der Waals surface area contributed by atoms with E-state index in [9.17, 15) is 19.7 Å². The summed E-state index contributed by atoms with van der Waals surface area (Å²) in [6.07, 6.45) is -0.193. The van der Waals surface area contributed by atoms with Gasteiger partial charge in [-0.25, -0.2) is 19.6 Å². The predicted molar refractivity (Wildman–Crippen MR) is 117 cm³/mol. The van der Waals surface area contributed by atoms with Gasteiger partial charge in [0.25, 0.3) is 5.69 Å². The number of rotatable bonds is 5. The van der Waals surface area contributed by atoms with Crippen LogP contribution in [0.4, 0.5) is 21.0 Å². The first-order valence-electron chi connectivity index (χ1n) is 9.22. The largest absolute Gasteiger partial charge is 0.442 e. The number of hydrazone groups is 1. The Morgan fingerprint density at radius 3 is 2.10 bits per heavy atom. The summed E-state index contributed by atoms with van der Waals surface area (Å²) in [5, 5.41) is 17.1. The molecule has 0 aliphatic heterocycles. The normalized spacial score (nSPS) is 11.8. The van der Waals surface area contributed by atoms with Crippen molar-refractivity contribution in [2.45, 2.75) is 52.7 Å². The number of hydrazine groups is 1. The zero-order chi connectivity index (χ0) is 24.1. The van der Waals surface area contributed by atoms with Crippen molar-refractivity contribution >= 4 is 41.4 Å². The first-order chi connectivity index (χ1) is 14.0. The molecule has 0 fully saturated rings. The lowest BCUT2D eigenvalue weighted by atomic mass is 10.1. The zero-order valence-electron chi connectivity index (χ0n) is 18.8. The van der Waals surface area contributed by atoms with Crippen LogP contribution >= 0.6 is 11.6 Å². The molecule has 2 amide bonds. The molecule has 31 heavy (non-hydrogen) atoms. The molecule has 0 unspecified atom stereocenters. The van der Waals surface area contributed by atoms with Crippen LogP contribution in [0.15, 0.2) is 17.2 Å². The van der Waals surface area contributed by atoms with Crippen LogP contribution in [0.3, 0.4) is 0 Å². The molecule has 0 atom stereocenters. The number of nitro benzene ring substituents is 1. The molecule has 1 rings (SSSR count). The summed E-state index contributed by atoms with van der Waals surface area (Å²) in [6.45, 7) is 10.3. The third kappa shape index (κ3) is 8.67. The number of amides is 2. The Labute approximate surface area is 186 Å². The predicted octanol–water partition coefficient (Wildman–Crippen LogP) is 4.64. The SMILES string of the molecule is CN(/N=C/c1cc([N+](=O)[O-])c(Cl)cc1NN(C)C(=O)OC(C)(C)C)C(=O)OC(C)(C)C. The van der Waals surface area contributed by atoms with Gasteiger partial charge in [0, 0.05) is 25.7 Å². The highest BCUT2D eigenvalue weighted by Gasteiger charge is 2.23. The van der Waals surface area contributed by atoms with E-state index in [0.29, 0.717) is 0 Å². The van der Waals surface area contributed by atoms with Gasteiger partial charge < -0.3 is 9.47 Å². The Morgan fingerprint density at radius 2 is 1.61 bits per heavy atom. The lowest BCUT2D eigenvalue weighted by Crippen LogP contribution is -2.37. The lowest BCUT2D eigenvalue weighted by Gasteiger charge is -2.26. The van der Waals surface area contributed by atoms with Crippen LogP contribution in [-0.4, -0.2) is 58.6 Å². The number of nitro groups is 1. The van der Waals surface area contributed by atoms with Gasteiger partial charge in [0.15, 0.2) is 0 Å². The van der Waals surface area contributed by atoms with Crippen LogP contribution < -0.4 is 5.43 Å². The van der Waals surface area contributed by atoms with Gasteiger partial charge in [-0.1, -0.05) is 11.6 Å². The number of hydrogen-bond donors (Lipinski definition) is 1. The molecule has 172 valence electrons. The van der Waals surface area contributed by atoms with E-state index in [1.807, 2.05) is 0 Å². The Bertz CT molecular complexity index is 876. The maximum absolute atomic E-state index is 12.2. The van der Waals surface area contributed by atoms with Crippen molar-refractivity contribution < 1.29 is 24.0 Å². The van der Waals surface area contributed by atoms with E-state index in [4.69, 9.17) is 21.1 Å². The number of ether oxygens (including phenoxy) is 2. The number of hydrogen-bond acceptors (Lipinski definition) is 8. The minimum atomic E-state index is -0.722. The molecule has 0 saturated carbocycles. The van der Waals surface area contributed by atoms with Crippen molar-refractivity contribution in [2.75, 3.05) is 19.5 Å². The molecule has 1 aromatic rings. The van der Waals surface area contributed by atoms with E-state index in [1.165, 1.54) is 32.4 Å². The average Bonchev–Trinajstić information content (AvgIpc) is 2.57. The fourth-order valence-corrected chi connectivity index (χ4v) is 2.23. The highest BCUT2D eigenvalue weighted by molar-refractivity contribution is 6.33. The van der Waals surface area contributed by atoms with Crippen LogP contribution in [0.5, 0.6) is 0 Å². The monoisotopic (exact) mass is 457 g/mol. The van der Waals surface area contributed by atoms with E-state index in [0.717, 1.165) is 10.0 Å². The smallest absolute Gasteiger partial charge is 0.430 e. The summed E-state index contributed by atoms with van der Waals surface area (Å²) in [5.41, 5.74) is 1.37. The topological polar surface area (TPSA) is 127 Å². The van der Waals surface area contributed by atoms with Crippen molar-refractivity contribution in [3.05, 3.63) is 32.8 Å². The standard InChI is InChI=1S/C19H28ClN5O6/c1-18(2,3)30-16(26)23(7)21-11-12-9-15(25(28)29)13(20)10-14(12)22-24(8)17(27)31-19(4,5)6/h9-11,22H,1-8H3/b21-11+. The van der Waals surface area contributed by atoms with Gasteiger partial charge >= 0.3 is 12.2 Å². The maximum Gasteiger partial charge on any atom is 0.430 e. The molecule has 0 bridgehead atoms. The summed E-state index contributed by atoms with van der Waals surface area (Å²) in [4.78, 5) is 34.9. The number of anilines is 1. The average molecular weight is 458 g/mol. The maximum atomic E-state index is 12.2. The molecule has 0 radical (unpaired) electrons. The van der Waals surface area contributed by atoms with Gasteiger partial charge in [0.05, 0.1) is 16.8 Å². The van der Waals surface area contributed by atoms with Crippen molar-refractivity contribution in [3.63, 3.8) is 0 Å². The van der Waals surface area contributed by atoms with Gasteiger partial charge in [0.2, 0.25) is 0 Å². The summed E-state index contributed by atoms with van der Waals surface area (Å²) >= 11 is 6.01. The Balaban J connectivity index is 3.22. The van der Waals surface area contributed by atoms with E-state index >= 15 is 0 Å². The molecule has 0 aromatic heterocycles. The second-order valence-electron chi connectivity index (χ2n) is 8.55. The number of benzene rings is 1. The molecule has 0 aliphatic rings. The minimum Gasteiger partial charge on any atom is -0.442 e. The molecule has 0 saturated heterocycles. The van der Waals surface area contributed by atoms with E-state index in [-0.39, 0.29) is 22.0 Å². The van der Waals surface area contributed by atoms with E-state index < -0.39 is 28.3 Å². The summed E-state index contributed by atoms with van der Waals surface area (Å²) in [5.74, 6) is 0. The quantitative estimate of drug-likeness (QED) is 0.387. The molecular formula is C19H28ClN5O6. The molecule has 1 aromatic carbocycles. The minimum absolute atomic E-state index is 0.150. The van der Waals surface area contributed by atoms with E-state index in [1.54, 1.807) is 41.5 Å². The number of carbonyl (C=O) groups excluding carboxylic acids is 2. The Hall–Kier alpha value is -3.08. The van der Waals surface area contributed by atoms with Gasteiger partial charge in [-0.2, -0.15) is 5.10 Å². The highest BCUT2D eigenvalue weighted by atomic mass is 35.5. The van der Waals surface area contributed by atoms with Crippen molar-refractivity contribution in [1.29, 1.82) is 0 Å². The third-order valence-electron chi connectivity index (χ3n) is 3.30. The Kier molecular flexibility index (Phi) is 8.22. The fraction of sp³-hybridized carbons (Fsp3) is 0.526. The van der Waals surface area contributed by atoms with E-state index in [2.05, 4.69) is 10.5 Å². The van der Waals surface area contributed by atoms with Gasteiger partial charge in [0.1, 0.15) is 16.2 Å². The van der Waals surface area contributed by atoms with Crippen molar-refractivity contribution in [1.82, 2.24) is 10.0 Å². The van der Waals surface area contributed by atoms with Gasteiger partial charge in [-0.05, 0) is 47.6 Å². The second kappa shape index (κ2) is 9.82. The lowest BCUT2D eigenvalue weighted by molar-refractivity contribution is -0.384.